The molecule has 1 amide bonds. The first-order valence-corrected chi connectivity index (χ1v) is 8.32. The number of nitrogen functional groups attached to an aromatic ring is 1. The van der Waals surface area contributed by atoms with Crippen LogP contribution in [0.3, 0.4) is 0 Å². The minimum absolute atomic E-state index is 0.0553. The summed E-state index contributed by atoms with van der Waals surface area (Å²) >= 11 is 3.38. The van der Waals surface area contributed by atoms with E-state index in [-0.39, 0.29) is 5.91 Å². The quantitative estimate of drug-likeness (QED) is 0.800. The number of nitrogens with zero attached hydrogens (tertiary/aromatic N) is 1. The molecular formula is C16H24BrN3O. The van der Waals surface area contributed by atoms with E-state index in [1.165, 1.54) is 25.7 Å². The summed E-state index contributed by atoms with van der Waals surface area (Å²) in [6, 6.07) is 4.33. The maximum absolute atomic E-state index is 12.3. The summed E-state index contributed by atoms with van der Waals surface area (Å²) in [5.74, 6) is -0.0553. The van der Waals surface area contributed by atoms with Crippen LogP contribution in [0, 0.1) is 6.92 Å². The zero-order valence-corrected chi connectivity index (χ0v) is 14.4. The molecule has 1 aliphatic carbocycles. The Balaban J connectivity index is 1.87. The van der Waals surface area contributed by atoms with Gasteiger partial charge in [-0.3, -0.25) is 4.79 Å². The van der Waals surface area contributed by atoms with Gasteiger partial charge in [-0.1, -0.05) is 28.8 Å². The number of nitrogens with one attached hydrogen (secondary N) is 1. The fraction of sp³-hybridized carbons (Fsp3) is 0.562. The van der Waals surface area contributed by atoms with Crippen molar-refractivity contribution in [1.29, 1.82) is 0 Å². The molecule has 0 atom stereocenters. The van der Waals surface area contributed by atoms with Crippen LogP contribution in [0.5, 0.6) is 0 Å². The highest BCUT2D eigenvalue weighted by Crippen LogP contribution is 2.23. The standard InChI is InChI=1S/C16H24BrN3O/c1-11-14(9-12(17)10-15(11)18)16(21)19-7-8-20(2)13-5-3-4-6-13/h9-10,13H,3-8,18H2,1-2H3,(H,19,21). The number of nitrogens with two attached hydrogens (primary N) is 1. The Kier molecular flexibility index (Phi) is 5.65. The van der Waals surface area contributed by atoms with Crippen molar-refractivity contribution in [3.63, 3.8) is 0 Å². The molecule has 0 aromatic heterocycles. The second-order valence-corrected chi connectivity index (χ2v) is 6.76. The smallest absolute Gasteiger partial charge is 0.251 e. The maximum atomic E-state index is 12.3. The van der Waals surface area contributed by atoms with Gasteiger partial charge in [0, 0.05) is 34.9 Å². The fourth-order valence-electron chi connectivity index (χ4n) is 2.90. The van der Waals surface area contributed by atoms with Gasteiger partial charge in [-0.25, -0.2) is 0 Å². The third kappa shape index (κ3) is 4.20. The Hall–Kier alpha value is -1.07. The molecule has 0 spiro atoms. The molecule has 1 aromatic carbocycles. The number of carbonyl (C=O) groups is 1. The van der Waals surface area contributed by atoms with Crippen molar-refractivity contribution in [3.8, 4) is 0 Å². The van der Waals surface area contributed by atoms with E-state index >= 15 is 0 Å². The Morgan fingerprint density at radius 1 is 1.43 bits per heavy atom. The van der Waals surface area contributed by atoms with Gasteiger partial charge in [-0.05, 0) is 44.5 Å². The van der Waals surface area contributed by atoms with Gasteiger partial charge >= 0.3 is 0 Å². The first kappa shape index (κ1) is 16.3. The molecule has 4 nitrogen and oxygen atoms in total. The van der Waals surface area contributed by atoms with Crippen molar-refractivity contribution in [2.75, 3.05) is 25.9 Å². The topological polar surface area (TPSA) is 58.4 Å². The van der Waals surface area contributed by atoms with Crippen LogP contribution in [0.4, 0.5) is 5.69 Å². The molecule has 3 N–H and O–H groups in total. The van der Waals surface area contributed by atoms with Gasteiger partial charge in [0.25, 0.3) is 5.91 Å². The molecule has 1 saturated carbocycles. The molecule has 0 saturated heterocycles. The van der Waals surface area contributed by atoms with Crippen LogP contribution in [0.2, 0.25) is 0 Å². The number of benzene rings is 1. The van der Waals surface area contributed by atoms with E-state index in [0.717, 1.165) is 16.6 Å². The number of hydrogen-bond acceptors (Lipinski definition) is 3. The molecule has 21 heavy (non-hydrogen) atoms. The van der Waals surface area contributed by atoms with Crippen molar-refractivity contribution in [1.82, 2.24) is 10.2 Å². The highest BCUT2D eigenvalue weighted by atomic mass is 79.9. The summed E-state index contributed by atoms with van der Waals surface area (Å²) in [7, 11) is 2.14. The summed E-state index contributed by atoms with van der Waals surface area (Å²) in [5.41, 5.74) is 8.01. The molecule has 116 valence electrons. The van der Waals surface area contributed by atoms with Crippen molar-refractivity contribution in [3.05, 3.63) is 27.7 Å². The lowest BCUT2D eigenvalue weighted by Crippen LogP contribution is -2.37. The number of likely N-dealkylation sites (N-methyl/N-ethyl adjacent to an activating group) is 1. The SMILES string of the molecule is Cc1c(N)cc(Br)cc1C(=O)NCCN(C)C1CCCC1. The predicted molar refractivity (Wildman–Crippen MR) is 90.5 cm³/mol. The minimum atomic E-state index is -0.0553. The highest BCUT2D eigenvalue weighted by molar-refractivity contribution is 9.10. The summed E-state index contributed by atoms with van der Waals surface area (Å²) in [4.78, 5) is 14.6. The van der Waals surface area contributed by atoms with Crippen molar-refractivity contribution in [2.24, 2.45) is 0 Å². The normalized spacial score (nSPS) is 15.6. The second kappa shape index (κ2) is 7.27. The zero-order valence-electron chi connectivity index (χ0n) is 12.8. The molecule has 0 radical (unpaired) electrons. The fourth-order valence-corrected chi connectivity index (χ4v) is 3.38. The average Bonchev–Trinajstić information content (AvgIpc) is 2.96. The number of amides is 1. The summed E-state index contributed by atoms with van der Waals surface area (Å²) in [6.07, 6.45) is 5.23. The van der Waals surface area contributed by atoms with Crippen LogP contribution >= 0.6 is 15.9 Å². The van der Waals surface area contributed by atoms with Crippen LogP contribution in [0.25, 0.3) is 0 Å². The highest BCUT2D eigenvalue weighted by Gasteiger charge is 2.19. The first-order chi connectivity index (χ1) is 9.99. The molecule has 0 heterocycles. The first-order valence-electron chi connectivity index (χ1n) is 7.53. The molecule has 1 aliphatic rings. The van der Waals surface area contributed by atoms with E-state index < -0.39 is 0 Å². The molecular weight excluding hydrogens is 330 g/mol. The van der Waals surface area contributed by atoms with E-state index in [0.29, 0.717) is 23.8 Å². The third-order valence-electron chi connectivity index (χ3n) is 4.36. The molecule has 5 heteroatoms. The lowest BCUT2D eigenvalue weighted by Gasteiger charge is -2.24. The Labute approximate surface area is 135 Å². The third-order valence-corrected chi connectivity index (χ3v) is 4.81. The van der Waals surface area contributed by atoms with E-state index in [2.05, 4.69) is 33.2 Å². The number of halogens is 1. The van der Waals surface area contributed by atoms with Crippen molar-refractivity contribution < 1.29 is 4.79 Å². The molecule has 0 aliphatic heterocycles. The van der Waals surface area contributed by atoms with E-state index in [4.69, 9.17) is 5.73 Å². The maximum Gasteiger partial charge on any atom is 0.251 e. The monoisotopic (exact) mass is 353 g/mol. The van der Waals surface area contributed by atoms with Crippen LogP contribution in [0.15, 0.2) is 16.6 Å². The largest absolute Gasteiger partial charge is 0.398 e. The Morgan fingerprint density at radius 2 is 2.10 bits per heavy atom. The molecule has 1 fully saturated rings. The molecule has 0 bridgehead atoms. The van der Waals surface area contributed by atoms with E-state index in [1.807, 2.05) is 19.1 Å². The van der Waals surface area contributed by atoms with Crippen LogP contribution in [0.1, 0.15) is 41.6 Å². The van der Waals surface area contributed by atoms with Crippen LogP contribution in [-0.4, -0.2) is 37.0 Å². The molecule has 2 rings (SSSR count). The van der Waals surface area contributed by atoms with Gasteiger partial charge in [0.15, 0.2) is 0 Å². The predicted octanol–water partition coefficient (Wildman–Crippen LogP) is 2.94. The van der Waals surface area contributed by atoms with Gasteiger partial charge < -0.3 is 16.0 Å². The second-order valence-electron chi connectivity index (χ2n) is 5.84. The van der Waals surface area contributed by atoms with Crippen LogP contribution < -0.4 is 11.1 Å². The van der Waals surface area contributed by atoms with Crippen molar-refractivity contribution >= 4 is 27.5 Å². The van der Waals surface area contributed by atoms with Gasteiger partial charge in [-0.2, -0.15) is 0 Å². The summed E-state index contributed by atoms with van der Waals surface area (Å²) in [5, 5.41) is 2.99. The Morgan fingerprint density at radius 3 is 2.76 bits per heavy atom. The van der Waals surface area contributed by atoms with Crippen LogP contribution in [-0.2, 0) is 0 Å². The van der Waals surface area contributed by atoms with Gasteiger partial charge in [0.2, 0.25) is 0 Å². The summed E-state index contributed by atoms with van der Waals surface area (Å²) in [6.45, 7) is 3.43. The summed E-state index contributed by atoms with van der Waals surface area (Å²) < 4.78 is 0.832. The van der Waals surface area contributed by atoms with Gasteiger partial charge in [-0.15, -0.1) is 0 Å². The number of anilines is 1. The van der Waals surface area contributed by atoms with E-state index in [1.54, 1.807) is 0 Å². The zero-order chi connectivity index (χ0) is 15.4. The lowest BCUT2D eigenvalue weighted by molar-refractivity contribution is 0.0946. The average molecular weight is 354 g/mol. The number of hydrogen-bond donors (Lipinski definition) is 2. The number of carbonyl (C=O) groups excluding carboxylic acids is 1. The molecule has 1 aromatic rings. The lowest BCUT2D eigenvalue weighted by atomic mass is 10.1. The molecule has 0 unspecified atom stereocenters. The van der Waals surface area contributed by atoms with Crippen molar-refractivity contribution in [2.45, 2.75) is 38.6 Å². The number of rotatable bonds is 5. The van der Waals surface area contributed by atoms with Gasteiger partial charge in [0.1, 0.15) is 0 Å². The minimum Gasteiger partial charge on any atom is -0.398 e. The Bertz CT molecular complexity index is 512. The van der Waals surface area contributed by atoms with Gasteiger partial charge in [0.05, 0.1) is 0 Å². The van der Waals surface area contributed by atoms with E-state index in [9.17, 15) is 4.79 Å².